The van der Waals surface area contributed by atoms with Gasteiger partial charge in [-0.05, 0) is 42.5 Å². The van der Waals surface area contributed by atoms with Crippen LogP contribution in [0.25, 0.3) is 10.8 Å². The number of piperazine rings is 1. The molecule has 5 atom stereocenters. The second-order valence-electron chi connectivity index (χ2n) is 10.9. The Bertz CT molecular complexity index is 1340. The number of aromatic nitrogens is 3. The number of nitrogens with one attached hydrogen (secondary N) is 1. The van der Waals surface area contributed by atoms with E-state index in [2.05, 4.69) is 45.1 Å². The van der Waals surface area contributed by atoms with E-state index in [0.717, 1.165) is 48.3 Å². The van der Waals surface area contributed by atoms with Crippen LogP contribution in [-0.4, -0.2) is 81.7 Å². The first kappa shape index (κ1) is 24.6. The second-order valence-corrected chi connectivity index (χ2v) is 11.3. The van der Waals surface area contributed by atoms with Gasteiger partial charge in [0.05, 0.1) is 47.2 Å². The molecule has 6 rings (SSSR count). The molecule has 2 aromatic heterocycles. The monoisotopic (exact) mass is 524 g/mol. The number of aliphatic hydroxyl groups is 1. The van der Waals surface area contributed by atoms with Crippen molar-refractivity contribution in [2.45, 2.75) is 31.4 Å². The Hall–Kier alpha value is -2.72. The van der Waals surface area contributed by atoms with E-state index >= 15 is 0 Å². The molecule has 196 valence electrons. The molecule has 1 aliphatic carbocycles. The highest BCUT2D eigenvalue weighted by atomic mass is 35.5. The first-order chi connectivity index (χ1) is 17.7. The van der Waals surface area contributed by atoms with Gasteiger partial charge in [0.1, 0.15) is 5.82 Å². The van der Waals surface area contributed by atoms with Gasteiger partial charge in [0.15, 0.2) is 0 Å². The number of fused-ring (bicyclic) bond motifs is 1. The van der Waals surface area contributed by atoms with Gasteiger partial charge in [-0.25, -0.2) is 4.98 Å². The maximum atomic E-state index is 13.0. The first-order valence-corrected chi connectivity index (χ1v) is 13.3. The summed E-state index contributed by atoms with van der Waals surface area (Å²) < 4.78 is 7.30. The maximum Gasteiger partial charge on any atom is 0.229 e. The molecular weight excluding hydrogens is 492 g/mol. The van der Waals surface area contributed by atoms with Crippen LogP contribution in [0.3, 0.4) is 0 Å². The average molecular weight is 525 g/mol. The third kappa shape index (κ3) is 4.37. The van der Waals surface area contributed by atoms with Crippen molar-refractivity contribution in [2.24, 2.45) is 18.9 Å². The molecule has 37 heavy (non-hydrogen) atoms. The zero-order valence-corrected chi connectivity index (χ0v) is 22.1. The number of ether oxygens (including phenoxy) is 1. The zero-order valence-electron chi connectivity index (χ0n) is 21.4. The van der Waals surface area contributed by atoms with E-state index in [0.29, 0.717) is 24.1 Å². The van der Waals surface area contributed by atoms with Gasteiger partial charge in [-0.1, -0.05) is 18.5 Å². The summed E-state index contributed by atoms with van der Waals surface area (Å²) in [4.78, 5) is 22.1. The smallest absolute Gasteiger partial charge is 0.229 e. The number of aliphatic hydroxyl groups excluding tert-OH is 1. The molecule has 2 aliphatic heterocycles. The molecule has 3 fully saturated rings. The minimum absolute atomic E-state index is 0.0214. The van der Waals surface area contributed by atoms with Gasteiger partial charge in [-0.2, -0.15) is 5.10 Å². The van der Waals surface area contributed by atoms with Crippen molar-refractivity contribution in [1.29, 1.82) is 0 Å². The standard InChI is InChI=1S/C27H33ClN6O3/c1-16-24(20-4-5-32(3)31-20)25(16)26(36)30-23-12-17-11-21(19(28)10-18(17)13-29-23)33-6-8-34(9-7-33)27(2)15-37-14-22(27)35/h4-5,10-13,16,22,24-25,35H,6-9,14-15H2,1-3H3,(H,29,30,36)/t16-,22-,24+,25-,27+/m1/s1. The molecule has 0 unspecified atom stereocenters. The Morgan fingerprint density at radius 3 is 2.68 bits per heavy atom. The molecule has 2 N–H and O–H groups in total. The van der Waals surface area contributed by atoms with E-state index in [1.54, 1.807) is 10.9 Å². The number of halogens is 1. The van der Waals surface area contributed by atoms with Gasteiger partial charge < -0.3 is 20.1 Å². The highest BCUT2D eigenvalue weighted by Crippen LogP contribution is 2.53. The van der Waals surface area contributed by atoms with E-state index in [1.807, 2.05) is 31.4 Å². The SMILES string of the molecule is C[C@H]1[C@@H](C(=O)Nc2cc3cc(N4CCN([C@@]5(C)COC[C@H]5O)CC4)c(Cl)cc3cn2)[C@@H]1c1ccn(C)n1. The van der Waals surface area contributed by atoms with Gasteiger partial charge in [0, 0.05) is 56.9 Å². The van der Waals surface area contributed by atoms with Gasteiger partial charge >= 0.3 is 0 Å². The Kier molecular flexibility index (Phi) is 6.14. The maximum absolute atomic E-state index is 13.0. The number of carbonyl (C=O) groups is 1. The molecule has 1 amide bonds. The Balaban J connectivity index is 1.16. The number of hydrogen-bond donors (Lipinski definition) is 2. The quantitative estimate of drug-likeness (QED) is 0.530. The van der Waals surface area contributed by atoms with Crippen molar-refractivity contribution in [3.63, 3.8) is 0 Å². The van der Waals surface area contributed by atoms with Gasteiger partial charge in [0.2, 0.25) is 5.91 Å². The van der Waals surface area contributed by atoms with Crippen LogP contribution in [0.1, 0.15) is 25.5 Å². The third-order valence-electron chi connectivity index (χ3n) is 8.53. The van der Waals surface area contributed by atoms with Crippen molar-refractivity contribution < 1.29 is 14.6 Å². The number of pyridine rings is 1. The molecule has 4 heterocycles. The van der Waals surface area contributed by atoms with Crippen molar-refractivity contribution in [3.05, 3.63) is 47.4 Å². The Labute approximate surface area is 221 Å². The number of nitrogens with zero attached hydrogens (tertiary/aromatic N) is 5. The molecule has 9 nitrogen and oxygen atoms in total. The predicted octanol–water partition coefficient (Wildman–Crippen LogP) is 2.88. The summed E-state index contributed by atoms with van der Waals surface area (Å²) in [6.45, 7) is 8.35. The van der Waals surface area contributed by atoms with E-state index in [1.165, 1.54) is 0 Å². The van der Waals surface area contributed by atoms with E-state index < -0.39 is 6.10 Å². The number of hydrogen-bond acceptors (Lipinski definition) is 7. The van der Waals surface area contributed by atoms with Crippen molar-refractivity contribution in [2.75, 3.05) is 49.6 Å². The first-order valence-electron chi connectivity index (χ1n) is 12.9. The van der Waals surface area contributed by atoms with Crippen LogP contribution < -0.4 is 10.2 Å². The molecule has 0 bridgehead atoms. The molecule has 3 aromatic rings. The number of aryl methyl sites for hydroxylation is 1. The highest BCUT2D eigenvalue weighted by Gasteiger charge is 2.53. The van der Waals surface area contributed by atoms with E-state index in [9.17, 15) is 9.90 Å². The van der Waals surface area contributed by atoms with Gasteiger partial charge in [-0.3, -0.25) is 14.4 Å². The number of rotatable bonds is 5. The number of benzene rings is 1. The fourth-order valence-corrected chi connectivity index (χ4v) is 6.31. The summed E-state index contributed by atoms with van der Waals surface area (Å²) in [5, 5.41) is 20.5. The molecule has 0 spiro atoms. The minimum Gasteiger partial charge on any atom is -0.389 e. The Morgan fingerprint density at radius 1 is 1.22 bits per heavy atom. The number of carbonyl (C=O) groups excluding carboxylic acids is 1. The lowest BCUT2D eigenvalue weighted by molar-refractivity contribution is -0.117. The lowest BCUT2D eigenvalue weighted by atomic mass is 9.95. The fourth-order valence-electron chi connectivity index (χ4n) is 6.02. The molecule has 2 saturated heterocycles. The summed E-state index contributed by atoms with van der Waals surface area (Å²) in [5.41, 5.74) is 1.59. The van der Waals surface area contributed by atoms with E-state index in [-0.39, 0.29) is 29.2 Å². The highest BCUT2D eigenvalue weighted by molar-refractivity contribution is 6.34. The second kappa shape index (κ2) is 9.23. The van der Waals surface area contributed by atoms with Crippen molar-refractivity contribution >= 4 is 39.8 Å². The average Bonchev–Trinajstić information content (AvgIpc) is 3.15. The molecule has 1 aromatic carbocycles. The summed E-state index contributed by atoms with van der Waals surface area (Å²) in [7, 11) is 1.89. The molecule has 1 saturated carbocycles. The predicted molar refractivity (Wildman–Crippen MR) is 143 cm³/mol. The summed E-state index contributed by atoms with van der Waals surface area (Å²) in [6.07, 6.45) is 3.20. The number of amides is 1. The van der Waals surface area contributed by atoms with Crippen LogP contribution in [0.4, 0.5) is 11.5 Å². The minimum atomic E-state index is -0.470. The zero-order chi connectivity index (χ0) is 25.9. The fraction of sp³-hybridized carbons (Fsp3) is 0.519. The van der Waals surface area contributed by atoms with Crippen molar-refractivity contribution in [1.82, 2.24) is 19.7 Å². The summed E-state index contributed by atoms with van der Waals surface area (Å²) in [6, 6.07) is 7.92. The van der Waals surface area contributed by atoms with Crippen LogP contribution in [0.15, 0.2) is 36.7 Å². The van der Waals surface area contributed by atoms with Gasteiger partial charge in [0.25, 0.3) is 0 Å². The largest absolute Gasteiger partial charge is 0.389 e. The molecule has 0 radical (unpaired) electrons. The lowest BCUT2D eigenvalue weighted by Crippen LogP contribution is -2.60. The number of anilines is 2. The van der Waals surface area contributed by atoms with Crippen molar-refractivity contribution in [3.8, 4) is 0 Å². The summed E-state index contributed by atoms with van der Waals surface area (Å²) >= 11 is 6.70. The molecule has 3 aliphatic rings. The molecule has 10 heteroatoms. The van der Waals surface area contributed by atoms with Gasteiger partial charge in [-0.15, -0.1) is 0 Å². The van der Waals surface area contributed by atoms with Crippen LogP contribution in [0.2, 0.25) is 5.02 Å². The summed E-state index contributed by atoms with van der Waals surface area (Å²) in [5.74, 6) is 0.808. The lowest BCUT2D eigenvalue weighted by Gasteiger charge is -2.45. The van der Waals surface area contributed by atoms with Crippen LogP contribution >= 0.6 is 11.6 Å². The van der Waals surface area contributed by atoms with Crippen LogP contribution in [0.5, 0.6) is 0 Å². The molecular formula is C27H33ClN6O3. The Morgan fingerprint density at radius 2 is 2.00 bits per heavy atom. The third-order valence-corrected chi connectivity index (χ3v) is 8.83. The normalized spacial score (nSPS) is 30.1. The van der Waals surface area contributed by atoms with Crippen LogP contribution in [-0.2, 0) is 16.6 Å². The van der Waals surface area contributed by atoms with Crippen LogP contribution in [0, 0.1) is 11.8 Å². The topological polar surface area (TPSA) is 95.8 Å². The van der Waals surface area contributed by atoms with E-state index in [4.69, 9.17) is 16.3 Å².